The molecule has 3 fully saturated rings. The quantitative estimate of drug-likeness (QED) is 0.177. The van der Waals surface area contributed by atoms with Crippen LogP contribution in [0.5, 0.6) is 5.75 Å². The van der Waals surface area contributed by atoms with Crippen molar-refractivity contribution >= 4 is 17.6 Å². The molecule has 0 aliphatic carbocycles. The minimum absolute atomic E-state index is 0.124. The molecule has 0 spiro atoms. The Bertz CT molecular complexity index is 1520. The zero-order chi connectivity index (χ0) is 44.4. The van der Waals surface area contributed by atoms with Crippen LogP contribution in [0.1, 0.15) is 100 Å². The van der Waals surface area contributed by atoms with Crippen molar-refractivity contribution in [2.75, 3.05) is 27.7 Å². The number of ether oxygens (including phenoxy) is 7. The van der Waals surface area contributed by atoms with Gasteiger partial charge in [0.2, 0.25) is 0 Å². The molecule has 0 aromatic carbocycles. The molecule has 18 atom stereocenters. The number of aliphatic hydroxyl groups is 4. The number of cyclic esters (lactones) is 1. The second kappa shape index (κ2) is 20.2. The fraction of sp³-hybridized carbons (Fsp3) is 0.860. The molecule has 1 aromatic heterocycles. The van der Waals surface area contributed by atoms with Crippen LogP contribution >= 0.6 is 11.6 Å². The van der Waals surface area contributed by atoms with E-state index in [2.05, 4.69) is 10.3 Å². The summed E-state index contributed by atoms with van der Waals surface area (Å²) in [5, 5.41) is 51.0. The number of rotatable bonds is 9. The maximum absolute atomic E-state index is 14.4. The lowest BCUT2D eigenvalue weighted by atomic mass is 9.77. The van der Waals surface area contributed by atoms with E-state index in [1.54, 1.807) is 46.9 Å². The molecule has 15 nitrogen and oxygen atoms in total. The zero-order valence-electron chi connectivity index (χ0n) is 37.7. The van der Waals surface area contributed by atoms with Gasteiger partial charge < -0.3 is 63.8 Å². The van der Waals surface area contributed by atoms with Crippen molar-refractivity contribution < 1.29 is 58.4 Å². The SMILES string of the molecule is CC[C@H]1OC(=O)[C@H](C)[C@@H](O[C@H]2C[C@@](C)(OC)[C@@H](O)[C@H](C)O2)[C@H](C)[C@@H](O[C@@H]2O[C@H](C)C[C@H](NC)[C@H]2Oc2cnc(Cl)cc2C)[C@](C)(O)C[C@@H](C)CN(C)[C@H](C)[C@@H](O)[C@]1(C)O. The van der Waals surface area contributed by atoms with Crippen molar-refractivity contribution in [2.45, 2.75) is 192 Å². The summed E-state index contributed by atoms with van der Waals surface area (Å²) in [6.45, 7) is 20.1. The van der Waals surface area contributed by atoms with Gasteiger partial charge in [-0.15, -0.1) is 0 Å². The smallest absolute Gasteiger partial charge is 0.311 e. The van der Waals surface area contributed by atoms with E-state index in [1.807, 2.05) is 53.6 Å². The first-order valence-electron chi connectivity index (χ1n) is 21.2. The number of hydrogen-bond acceptors (Lipinski definition) is 15. The number of nitrogens with one attached hydrogen (secondary N) is 1. The Morgan fingerprint density at radius 3 is 2.27 bits per heavy atom. The molecule has 3 aliphatic rings. The Balaban J connectivity index is 1.87. The molecule has 3 aliphatic heterocycles. The van der Waals surface area contributed by atoms with Crippen LogP contribution in [-0.4, -0.2) is 154 Å². The van der Waals surface area contributed by atoms with Crippen molar-refractivity contribution in [3.63, 3.8) is 0 Å². The van der Waals surface area contributed by atoms with Crippen LogP contribution in [0.4, 0.5) is 0 Å². The third-order valence-corrected chi connectivity index (χ3v) is 13.4. The predicted octanol–water partition coefficient (Wildman–Crippen LogP) is 4.00. The molecule has 16 heteroatoms. The van der Waals surface area contributed by atoms with Gasteiger partial charge in [0, 0.05) is 32.0 Å². The topological polar surface area (TPSA) is 191 Å². The Morgan fingerprint density at radius 1 is 1.02 bits per heavy atom. The number of pyridine rings is 1. The molecular weight excluding hydrogens is 786 g/mol. The van der Waals surface area contributed by atoms with E-state index in [0.29, 0.717) is 23.9 Å². The number of nitrogens with zero attached hydrogens (tertiary/aromatic N) is 2. The molecule has 3 saturated heterocycles. The van der Waals surface area contributed by atoms with Crippen LogP contribution in [0.15, 0.2) is 12.3 Å². The second-order valence-electron chi connectivity index (χ2n) is 18.4. The molecule has 1 aromatic rings. The Hall–Kier alpha value is -1.73. The zero-order valence-corrected chi connectivity index (χ0v) is 38.4. The number of hydrogen-bond donors (Lipinski definition) is 5. The Kier molecular flexibility index (Phi) is 17.1. The molecule has 0 amide bonds. The number of aryl methyl sites for hydroxylation is 1. The maximum atomic E-state index is 14.4. The van der Waals surface area contributed by atoms with Crippen molar-refractivity contribution in [2.24, 2.45) is 17.8 Å². The van der Waals surface area contributed by atoms with Crippen LogP contribution in [0.2, 0.25) is 5.15 Å². The molecule has 4 rings (SSSR count). The number of likely N-dealkylation sites (N-methyl/N-ethyl adjacent to an activating group) is 2. The summed E-state index contributed by atoms with van der Waals surface area (Å²) in [5.74, 6) is -2.14. The average Bonchev–Trinajstić information content (AvgIpc) is 3.16. The van der Waals surface area contributed by atoms with Gasteiger partial charge in [-0.05, 0) is 106 Å². The number of carbonyl (C=O) groups excluding carboxylic acids is 1. The van der Waals surface area contributed by atoms with E-state index in [-0.39, 0.29) is 37.3 Å². The summed E-state index contributed by atoms with van der Waals surface area (Å²) in [6.07, 6.45) is -6.34. The minimum atomic E-state index is -1.81. The average molecular weight is 861 g/mol. The summed E-state index contributed by atoms with van der Waals surface area (Å²) in [7, 11) is 5.21. The molecular formula is C43H74ClN3O12. The highest BCUT2D eigenvalue weighted by Gasteiger charge is 2.53. The standard InChI is InChI=1S/C43H74ClN3O12/c1-15-31-43(11,52)36(48)27(7)47(13)21-22(2)18-41(9,51)38(59-40-35(29(45-12)17-24(4)54-40)56-30-20-46-32(44)16-23(30)3)25(5)34(26(6)39(50)57-31)58-33-19-42(10,53-14)37(49)28(8)55-33/h16,20,22,24-29,31,33-38,40,45,48-49,51-52H,15,17-19,21H2,1-14H3/t22-,24-,25+,26-,27-,28+,29+,31-,33+,34+,35-,36-,37+,38-,40+,41-,42-,43-/m1/s1. The molecule has 340 valence electrons. The van der Waals surface area contributed by atoms with Crippen LogP contribution in [0, 0.1) is 24.7 Å². The van der Waals surface area contributed by atoms with Crippen molar-refractivity contribution in [1.82, 2.24) is 15.2 Å². The van der Waals surface area contributed by atoms with Gasteiger partial charge in [0.15, 0.2) is 18.7 Å². The molecule has 4 heterocycles. The summed E-state index contributed by atoms with van der Waals surface area (Å²) in [6, 6.07) is 0.923. The molecule has 0 saturated carbocycles. The number of methoxy groups -OCH3 is 1. The lowest BCUT2D eigenvalue weighted by Crippen LogP contribution is -2.61. The van der Waals surface area contributed by atoms with E-state index < -0.39 is 96.0 Å². The molecule has 0 radical (unpaired) electrons. The van der Waals surface area contributed by atoms with Crippen molar-refractivity contribution in [3.8, 4) is 5.75 Å². The summed E-state index contributed by atoms with van der Waals surface area (Å²) >= 11 is 6.20. The fourth-order valence-corrected chi connectivity index (χ4v) is 9.65. The minimum Gasteiger partial charge on any atom is -0.482 e. The number of aliphatic hydroxyl groups excluding tert-OH is 2. The number of esters is 1. The third kappa shape index (κ3) is 11.5. The summed E-state index contributed by atoms with van der Waals surface area (Å²) in [5.41, 5.74) is -3.66. The number of aromatic nitrogens is 1. The van der Waals surface area contributed by atoms with Gasteiger partial charge in [-0.25, -0.2) is 4.98 Å². The highest BCUT2D eigenvalue weighted by atomic mass is 35.5. The van der Waals surface area contributed by atoms with Crippen LogP contribution in [0.3, 0.4) is 0 Å². The second-order valence-corrected chi connectivity index (χ2v) is 18.8. The number of carbonyl (C=O) groups is 1. The predicted molar refractivity (Wildman–Crippen MR) is 222 cm³/mol. The van der Waals surface area contributed by atoms with E-state index >= 15 is 0 Å². The third-order valence-electron chi connectivity index (χ3n) is 13.2. The fourth-order valence-electron chi connectivity index (χ4n) is 9.43. The van der Waals surface area contributed by atoms with Gasteiger partial charge in [-0.3, -0.25) is 4.79 Å². The highest BCUT2D eigenvalue weighted by molar-refractivity contribution is 6.29. The number of halogens is 1. The lowest BCUT2D eigenvalue weighted by Gasteiger charge is -2.48. The van der Waals surface area contributed by atoms with Crippen LogP contribution < -0.4 is 10.1 Å². The van der Waals surface area contributed by atoms with E-state index in [4.69, 9.17) is 44.8 Å². The molecule has 0 unspecified atom stereocenters. The van der Waals surface area contributed by atoms with Gasteiger partial charge in [-0.1, -0.05) is 32.4 Å². The molecule has 0 bridgehead atoms. The summed E-state index contributed by atoms with van der Waals surface area (Å²) in [4.78, 5) is 20.6. The summed E-state index contributed by atoms with van der Waals surface area (Å²) < 4.78 is 45.2. The first-order valence-corrected chi connectivity index (χ1v) is 21.6. The Morgan fingerprint density at radius 2 is 1.68 bits per heavy atom. The van der Waals surface area contributed by atoms with Gasteiger partial charge in [0.1, 0.15) is 34.8 Å². The molecule has 5 N–H and O–H groups in total. The van der Waals surface area contributed by atoms with Crippen molar-refractivity contribution in [1.29, 1.82) is 0 Å². The van der Waals surface area contributed by atoms with Gasteiger partial charge >= 0.3 is 5.97 Å². The van der Waals surface area contributed by atoms with Crippen molar-refractivity contribution in [3.05, 3.63) is 23.0 Å². The first kappa shape index (κ1) is 49.9. The van der Waals surface area contributed by atoms with E-state index in [0.717, 1.165) is 5.56 Å². The lowest BCUT2D eigenvalue weighted by molar-refractivity contribution is -0.314. The van der Waals surface area contributed by atoms with Crippen LogP contribution in [0.25, 0.3) is 0 Å². The van der Waals surface area contributed by atoms with Gasteiger partial charge in [0.05, 0.1) is 53.8 Å². The largest absolute Gasteiger partial charge is 0.482 e. The Labute approximate surface area is 356 Å². The molecule has 59 heavy (non-hydrogen) atoms. The maximum Gasteiger partial charge on any atom is 0.311 e. The van der Waals surface area contributed by atoms with Gasteiger partial charge in [-0.2, -0.15) is 0 Å². The van der Waals surface area contributed by atoms with E-state index in [1.165, 1.54) is 14.0 Å². The monoisotopic (exact) mass is 859 g/mol. The van der Waals surface area contributed by atoms with Gasteiger partial charge in [0.25, 0.3) is 0 Å². The van der Waals surface area contributed by atoms with Crippen LogP contribution in [-0.2, 0) is 33.2 Å². The normalized spacial score (nSPS) is 44.9. The highest BCUT2D eigenvalue weighted by Crippen LogP contribution is 2.40. The first-order chi connectivity index (χ1) is 27.4. The van der Waals surface area contributed by atoms with E-state index in [9.17, 15) is 25.2 Å².